The topological polar surface area (TPSA) is 49.4 Å². The van der Waals surface area contributed by atoms with Gasteiger partial charge in [-0.1, -0.05) is 13.8 Å². The summed E-state index contributed by atoms with van der Waals surface area (Å²) >= 11 is 5.63. The molecule has 0 aromatic carbocycles. The van der Waals surface area contributed by atoms with Crippen LogP contribution in [0, 0.1) is 11.8 Å². The fourth-order valence-electron chi connectivity index (χ4n) is 2.29. The van der Waals surface area contributed by atoms with E-state index in [1.807, 2.05) is 6.92 Å². The minimum Gasteiger partial charge on any atom is -0.303 e. The van der Waals surface area contributed by atoms with Crippen molar-refractivity contribution < 1.29 is 8.42 Å². The molecule has 0 radical (unpaired) electrons. The molecule has 1 N–H and O–H groups in total. The van der Waals surface area contributed by atoms with Crippen molar-refractivity contribution in [2.75, 3.05) is 37.8 Å². The van der Waals surface area contributed by atoms with E-state index in [2.05, 4.69) is 16.5 Å². The van der Waals surface area contributed by atoms with Crippen molar-refractivity contribution in [2.45, 2.75) is 33.1 Å². The van der Waals surface area contributed by atoms with E-state index < -0.39 is 10.0 Å². The monoisotopic (exact) mass is 310 g/mol. The van der Waals surface area contributed by atoms with E-state index in [0.717, 1.165) is 32.0 Å². The van der Waals surface area contributed by atoms with Crippen molar-refractivity contribution in [3.8, 4) is 0 Å². The van der Waals surface area contributed by atoms with Gasteiger partial charge in [0.2, 0.25) is 10.0 Å². The van der Waals surface area contributed by atoms with E-state index in [-0.39, 0.29) is 11.7 Å². The molecule has 114 valence electrons. The lowest BCUT2D eigenvalue weighted by molar-refractivity contribution is 0.191. The van der Waals surface area contributed by atoms with Crippen LogP contribution in [0.2, 0.25) is 0 Å². The molecule has 0 aromatic heterocycles. The molecule has 6 heteroatoms. The Kier molecular flexibility index (Phi) is 7.65. The first kappa shape index (κ1) is 17.2. The summed E-state index contributed by atoms with van der Waals surface area (Å²) < 4.78 is 26.1. The van der Waals surface area contributed by atoms with Crippen LogP contribution in [-0.4, -0.2) is 51.1 Å². The van der Waals surface area contributed by atoms with E-state index >= 15 is 0 Å². The first-order valence-electron chi connectivity index (χ1n) is 7.18. The lowest BCUT2D eigenvalue weighted by Gasteiger charge is -2.30. The van der Waals surface area contributed by atoms with Gasteiger partial charge in [0.25, 0.3) is 0 Å². The maximum absolute atomic E-state index is 11.7. The third-order valence-electron chi connectivity index (χ3n) is 3.62. The average Bonchev–Trinajstić information content (AvgIpc) is 2.36. The zero-order chi connectivity index (χ0) is 14.3. The highest BCUT2D eigenvalue weighted by Gasteiger charge is 2.16. The van der Waals surface area contributed by atoms with E-state index in [1.165, 1.54) is 12.8 Å². The molecule has 0 spiro atoms. The van der Waals surface area contributed by atoms with Crippen LogP contribution in [0.3, 0.4) is 0 Å². The number of rotatable bonds is 8. The van der Waals surface area contributed by atoms with Crippen LogP contribution in [0.1, 0.15) is 33.1 Å². The summed E-state index contributed by atoms with van der Waals surface area (Å²) in [6.45, 7) is 7.96. The van der Waals surface area contributed by atoms with E-state index in [0.29, 0.717) is 12.4 Å². The second-order valence-electron chi connectivity index (χ2n) is 5.81. The van der Waals surface area contributed by atoms with Crippen LogP contribution >= 0.6 is 11.6 Å². The van der Waals surface area contributed by atoms with Gasteiger partial charge in [-0.3, -0.25) is 0 Å². The number of piperidine rings is 1. The van der Waals surface area contributed by atoms with E-state index in [9.17, 15) is 8.42 Å². The van der Waals surface area contributed by atoms with Gasteiger partial charge in [-0.25, -0.2) is 13.1 Å². The molecule has 19 heavy (non-hydrogen) atoms. The summed E-state index contributed by atoms with van der Waals surface area (Å²) in [7, 11) is -3.16. The molecule has 1 fully saturated rings. The second kappa shape index (κ2) is 8.45. The first-order chi connectivity index (χ1) is 8.93. The Bertz CT molecular complexity index is 341. The molecule has 0 aliphatic carbocycles. The molecule has 0 saturated carbocycles. The van der Waals surface area contributed by atoms with Gasteiger partial charge >= 0.3 is 0 Å². The van der Waals surface area contributed by atoms with Crippen molar-refractivity contribution in [2.24, 2.45) is 11.8 Å². The summed E-state index contributed by atoms with van der Waals surface area (Å²) in [5, 5.41) is 0. The van der Waals surface area contributed by atoms with Gasteiger partial charge in [-0.2, -0.15) is 0 Å². The van der Waals surface area contributed by atoms with Gasteiger partial charge < -0.3 is 4.90 Å². The maximum Gasteiger partial charge on any atom is 0.211 e. The summed E-state index contributed by atoms with van der Waals surface area (Å²) in [6, 6.07) is 0. The SMILES string of the molecule is CC1CCN(CCCNS(=O)(=O)CC(C)CCl)CC1. The smallest absolute Gasteiger partial charge is 0.211 e. The van der Waals surface area contributed by atoms with Gasteiger partial charge in [0, 0.05) is 12.4 Å². The Morgan fingerprint density at radius 1 is 1.37 bits per heavy atom. The number of alkyl halides is 1. The lowest BCUT2D eigenvalue weighted by Crippen LogP contribution is -2.36. The zero-order valence-electron chi connectivity index (χ0n) is 12.1. The number of hydrogen-bond donors (Lipinski definition) is 1. The third-order valence-corrected chi connectivity index (χ3v) is 5.80. The average molecular weight is 311 g/mol. The molecule has 0 amide bonds. The van der Waals surface area contributed by atoms with Crippen LogP contribution in [0.15, 0.2) is 0 Å². The van der Waals surface area contributed by atoms with Gasteiger partial charge in [0.15, 0.2) is 0 Å². The first-order valence-corrected chi connectivity index (χ1v) is 9.37. The third kappa shape index (κ3) is 7.49. The Labute approximate surface area is 122 Å². The van der Waals surface area contributed by atoms with Crippen LogP contribution in [-0.2, 0) is 10.0 Å². The second-order valence-corrected chi connectivity index (χ2v) is 7.97. The predicted octanol–water partition coefficient (Wildman–Crippen LogP) is 1.90. The highest BCUT2D eigenvalue weighted by atomic mass is 35.5. The molecule has 1 heterocycles. The minimum absolute atomic E-state index is 0.00255. The molecule has 1 saturated heterocycles. The number of sulfonamides is 1. The number of hydrogen-bond acceptors (Lipinski definition) is 3. The molecule has 0 bridgehead atoms. The van der Waals surface area contributed by atoms with Crippen molar-refractivity contribution in [1.29, 1.82) is 0 Å². The fourth-order valence-corrected chi connectivity index (χ4v) is 3.97. The van der Waals surface area contributed by atoms with Crippen molar-refractivity contribution in [3.05, 3.63) is 0 Å². The quantitative estimate of drug-likeness (QED) is 0.550. The molecule has 1 atom stereocenters. The molecular formula is C13H27ClN2O2S. The van der Waals surface area contributed by atoms with E-state index in [4.69, 9.17) is 11.6 Å². The van der Waals surface area contributed by atoms with Crippen LogP contribution < -0.4 is 4.72 Å². The molecule has 1 aliphatic heterocycles. The van der Waals surface area contributed by atoms with Crippen LogP contribution in [0.25, 0.3) is 0 Å². The molecule has 1 unspecified atom stereocenters. The van der Waals surface area contributed by atoms with Gasteiger partial charge in [-0.05, 0) is 50.7 Å². The van der Waals surface area contributed by atoms with E-state index in [1.54, 1.807) is 0 Å². The van der Waals surface area contributed by atoms with Gasteiger partial charge in [0.05, 0.1) is 5.75 Å². The van der Waals surface area contributed by atoms with Crippen molar-refractivity contribution in [1.82, 2.24) is 9.62 Å². The van der Waals surface area contributed by atoms with Gasteiger partial charge in [-0.15, -0.1) is 11.6 Å². The summed E-state index contributed by atoms with van der Waals surface area (Å²) in [6.07, 6.45) is 3.40. The minimum atomic E-state index is -3.16. The molecule has 1 rings (SSSR count). The van der Waals surface area contributed by atoms with Crippen molar-refractivity contribution >= 4 is 21.6 Å². The number of nitrogens with zero attached hydrogens (tertiary/aromatic N) is 1. The highest BCUT2D eigenvalue weighted by molar-refractivity contribution is 7.89. The van der Waals surface area contributed by atoms with Crippen LogP contribution in [0.5, 0.6) is 0 Å². The number of likely N-dealkylation sites (tertiary alicyclic amines) is 1. The molecular weight excluding hydrogens is 284 g/mol. The van der Waals surface area contributed by atoms with Gasteiger partial charge in [0.1, 0.15) is 0 Å². The molecule has 4 nitrogen and oxygen atoms in total. The zero-order valence-corrected chi connectivity index (χ0v) is 13.6. The standard InChI is InChI=1S/C13H27ClN2O2S/c1-12-4-8-16(9-5-12)7-3-6-15-19(17,18)11-13(2)10-14/h12-13,15H,3-11H2,1-2H3. The predicted molar refractivity (Wildman–Crippen MR) is 81.1 cm³/mol. The summed E-state index contributed by atoms with van der Waals surface area (Å²) in [5.41, 5.74) is 0. The molecule has 1 aliphatic rings. The molecule has 0 aromatic rings. The fraction of sp³-hybridized carbons (Fsp3) is 1.00. The van der Waals surface area contributed by atoms with Crippen LogP contribution in [0.4, 0.5) is 0 Å². The Balaban J connectivity index is 2.13. The Morgan fingerprint density at radius 3 is 2.58 bits per heavy atom. The number of nitrogens with one attached hydrogen (secondary N) is 1. The lowest BCUT2D eigenvalue weighted by atomic mass is 9.99. The summed E-state index contributed by atoms with van der Waals surface area (Å²) in [5.74, 6) is 1.35. The largest absolute Gasteiger partial charge is 0.303 e. The highest BCUT2D eigenvalue weighted by Crippen LogP contribution is 2.15. The van der Waals surface area contributed by atoms with Crippen molar-refractivity contribution in [3.63, 3.8) is 0 Å². The Morgan fingerprint density at radius 2 is 2.00 bits per heavy atom. The maximum atomic E-state index is 11.7. The number of halogens is 1. The summed E-state index contributed by atoms with van der Waals surface area (Å²) in [4.78, 5) is 2.43. The Hall–Kier alpha value is 0.160. The normalized spacial score (nSPS) is 20.6.